The van der Waals surface area contributed by atoms with Crippen molar-refractivity contribution < 1.29 is 24.2 Å². The molecule has 0 bridgehead atoms. The molecule has 1 aromatic carbocycles. The minimum Gasteiger partial charge on any atom is -0.550 e. The number of benzene rings is 1. The molecule has 6 nitrogen and oxygen atoms in total. The van der Waals surface area contributed by atoms with Gasteiger partial charge in [-0.3, -0.25) is 4.79 Å². The van der Waals surface area contributed by atoms with Crippen LogP contribution in [0.25, 0.3) is 0 Å². The van der Waals surface area contributed by atoms with Crippen LogP contribution in [0.5, 0.6) is 11.5 Å². The largest absolute Gasteiger partial charge is 0.550 e. The summed E-state index contributed by atoms with van der Waals surface area (Å²) in [6, 6.07) is 5.01. The van der Waals surface area contributed by atoms with Gasteiger partial charge >= 0.3 is 0 Å². The van der Waals surface area contributed by atoms with Gasteiger partial charge in [-0.15, -0.1) is 0 Å². The zero-order valence-electron chi connectivity index (χ0n) is 10.7. The number of aliphatic carboxylic acids is 1. The number of hydrogen-bond acceptors (Lipinski definition) is 5. The highest BCUT2D eigenvalue weighted by Crippen LogP contribution is 2.35. The third-order valence-electron chi connectivity index (χ3n) is 3.14. The highest BCUT2D eigenvalue weighted by molar-refractivity contribution is 6.00. The summed E-state index contributed by atoms with van der Waals surface area (Å²) in [4.78, 5) is 24.1. The van der Waals surface area contributed by atoms with Crippen LogP contribution < -0.4 is 19.5 Å². The average molecular weight is 264 g/mol. The van der Waals surface area contributed by atoms with E-state index in [9.17, 15) is 14.7 Å². The Bertz CT molecular complexity index is 514. The van der Waals surface area contributed by atoms with E-state index in [1.807, 2.05) is 0 Å². The van der Waals surface area contributed by atoms with Crippen LogP contribution in [-0.2, 0) is 9.59 Å². The standard InChI is InChI=1S/C13H15NO5/c1-18-9-3-4-10(11(6-9)19-2)14-7-8(13(16)17)5-12(14)15/h3-4,6,8H,5,7H2,1-2H3,(H,16,17)/p-1/t8-/m0/s1. The van der Waals surface area contributed by atoms with E-state index in [0.717, 1.165) is 0 Å². The first-order valence-electron chi connectivity index (χ1n) is 5.80. The highest BCUT2D eigenvalue weighted by atomic mass is 16.5. The quantitative estimate of drug-likeness (QED) is 0.753. The molecule has 0 N–H and O–H groups in total. The summed E-state index contributed by atoms with van der Waals surface area (Å²) in [5.41, 5.74) is 0.539. The van der Waals surface area contributed by atoms with Gasteiger partial charge in [0.1, 0.15) is 11.5 Å². The maximum atomic E-state index is 11.9. The average Bonchev–Trinajstić information content (AvgIpc) is 2.80. The van der Waals surface area contributed by atoms with Crippen molar-refractivity contribution in [3.05, 3.63) is 18.2 Å². The van der Waals surface area contributed by atoms with Gasteiger partial charge in [-0.2, -0.15) is 0 Å². The van der Waals surface area contributed by atoms with Gasteiger partial charge in [-0.1, -0.05) is 0 Å². The van der Waals surface area contributed by atoms with Crippen LogP contribution >= 0.6 is 0 Å². The molecule has 19 heavy (non-hydrogen) atoms. The number of ether oxygens (including phenoxy) is 2. The van der Waals surface area contributed by atoms with Gasteiger partial charge in [0.2, 0.25) is 5.91 Å². The van der Waals surface area contributed by atoms with E-state index >= 15 is 0 Å². The molecule has 0 radical (unpaired) electrons. The minimum atomic E-state index is -1.21. The molecule has 1 atom stereocenters. The smallest absolute Gasteiger partial charge is 0.227 e. The van der Waals surface area contributed by atoms with E-state index in [1.165, 1.54) is 19.1 Å². The van der Waals surface area contributed by atoms with Crippen molar-refractivity contribution in [1.29, 1.82) is 0 Å². The van der Waals surface area contributed by atoms with Crippen molar-refractivity contribution in [3.63, 3.8) is 0 Å². The Kier molecular flexibility index (Phi) is 3.59. The van der Waals surface area contributed by atoms with Crippen LogP contribution in [0.4, 0.5) is 5.69 Å². The summed E-state index contributed by atoms with van der Waals surface area (Å²) in [6.07, 6.45) is -0.0441. The molecular formula is C13H14NO5-. The molecule has 0 aromatic heterocycles. The summed E-state index contributed by atoms with van der Waals surface area (Å²) in [6.45, 7) is 0.101. The number of carboxylic acids is 1. The van der Waals surface area contributed by atoms with E-state index in [0.29, 0.717) is 17.2 Å². The summed E-state index contributed by atoms with van der Waals surface area (Å²) in [7, 11) is 3.01. The van der Waals surface area contributed by atoms with Gasteiger partial charge < -0.3 is 24.3 Å². The Balaban J connectivity index is 2.31. The van der Waals surface area contributed by atoms with Gasteiger partial charge in [-0.05, 0) is 12.1 Å². The number of methoxy groups -OCH3 is 2. The van der Waals surface area contributed by atoms with Crippen molar-refractivity contribution in [2.75, 3.05) is 25.7 Å². The topological polar surface area (TPSA) is 78.9 Å². The Hall–Kier alpha value is -2.24. The molecule has 6 heteroatoms. The monoisotopic (exact) mass is 264 g/mol. The molecule has 1 aliphatic rings. The fraction of sp³-hybridized carbons (Fsp3) is 0.385. The molecule has 1 fully saturated rings. The SMILES string of the molecule is COc1ccc(N2C[C@@H](C(=O)[O-])CC2=O)c(OC)c1. The van der Waals surface area contributed by atoms with Gasteiger partial charge in [0, 0.05) is 30.9 Å². The van der Waals surface area contributed by atoms with Crippen molar-refractivity contribution in [2.24, 2.45) is 5.92 Å². The lowest BCUT2D eigenvalue weighted by Crippen LogP contribution is -2.33. The molecule has 0 spiro atoms. The van der Waals surface area contributed by atoms with Crippen molar-refractivity contribution in [1.82, 2.24) is 0 Å². The Morgan fingerprint density at radius 1 is 1.37 bits per heavy atom. The minimum absolute atomic E-state index is 0.0441. The summed E-state index contributed by atoms with van der Waals surface area (Å²) < 4.78 is 10.3. The fourth-order valence-electron chi connectivity index (χ4n) is 2.11. The molecular weight excluding hydrogens is 250 g/mol. The second kappa shape index (κ2) is 5.17. The highest BCUT2D eigenvalue weighted by Gasteiger charge is 2.32. The van der Waals surface area contributed by atoms with Crippen LogP contribution in [0.15, 0.2) is 18.2 Å². The van der Waals surface area contributed by atoms with Crippen molar-refractivity contribution >= 4 is 17.6 Å². The Morgan fingerprint density at radius 2 is 2.11 bits per heavy atom. The molecule has 1 saturated heterocycles. The first-order chi connectivity index (χ1) is 9.06. The van der Waals surface area contributed by atoms with E-state index in [2.05, 4.69) is 0 Å². The first-order valence-corrected chi connectivity index (χ1v) is 5.80. The van der Waals surface area contributed by atoms with Crippen molar-refractivity contribution in [3.8, 4) is 11.5 Å². The van der Waals surface area contributed by atoms with Gasteiger partial charge in [0.25, 0.3) is 0 Å². The Morgan fingerprint density at radius 3 is 2.63 bits per heavy atom. The zero-order valence-corrected chi connectivity index (χ0v) is 10.7. The number of hydrogen-bond donors (Lipinski definition) is 0. The fourth-order valence-corrected chi connectivity index (χ4v) is 2.11. The normalized spacial score (nSPS) is 18.5. The molecule has 1 aromatic rings. The number of amides is 1. The predicted octanol–water partition coefficient (Wildman–Crippen LogP) is -0.193. The van der Waals surface area contributed by atoms with Gasteiger partial charge in [-0.25, -0.2) is 0 Å². The van der Waals surface area contributed by atoms with Gasteiger partial charge in [0.15, 0.2) is 0 Å². The van der Waals surface area contributed by atoms with Crippen LogP contribution in [0, 0.1) is 5.92 Å². The van der Waals surface area contributed by atoms with E-state index in [4.69, 9.17) is 9.47 Å². The summed E-state index contributed by atoms with van der Waals surface area (Å²) >= 11 is 0. The lowest BCUT2D eigenvalue weighted by atomic mass is 10.1. The molecule has 102 valence electrons. The third-order valence-corrected chi connectivity index (χ3v) is 3.14. The van der Waals surface area contributed by atoms with E-state index in [1.54, 1.807) is 18.2 Å². The second-order valence-electron chi connectivity index (χ2n) is 4.26. The van der Waals surface area contributed by atoms with E-state index < -0.39 is 11.9 Å². The Labute approximate surface area is 110 Å². The molecule has 2 rings (SSSR count). The molecule has 1 amide bonds. The maximum Gasteiger partial charge on any atom is 0.227 e. The van der Waals surface area contributed by atoms with Crippen LogP contribution in [0.1, 0.15) is 6.42 Å². The molecule has 0 unspecified atom stereocenters. The molecule has 1 aliphatic heterocycles. The second-order valence-corrected chi connectivity index (χ2v) is 4.26. The molecule has 0 aliphatic carbocycles. The number of carbonyl (C=O) groups excluding carboxylic acids is 2. The van der Waals surface area contributed by atoms with Crippen molar-refractivity contribution in [2.45, 2.75) is 6.42 Å². The zero-order chi connectivity index (χ0) is 14.0. The number of nitrogens with zero attached hydrogens (tertiary/aromatic N) is 1. The van der Waals surface area contributed by atoms with Crippen LogP contribution in [-0.4, -0.2) is 32.6 Å². The number of carbonyl (C=O) groups is 2. The lowest BCUT2D eigenvalue weighted by Gasteiger charge is -2.20. The third kappa shape index (κ3) is 2.47. The number of anilines is 1. The van der Waals surface area contributed by atoms with E-state index in [-0.39, 0.29) is 18.9 Å². The van der Waals surface area contributed by atoms with Crippen LogP contribution in [0.2, 0.25) is 0 Å². The number of rotatable bonds is 4. The van der Waals surface area contributed by atoms with Gasteiger partial charge in [0.05, 0.1) is 19.9 Å². The first kappa shape index (κ1) is 13.2. The number of carboxylic acid groups (broad SMARTS) is 1. The van der Waals surface area contributed by atoms with Crippen LogP contribution in [0.3, 0.4) is 0 Å². The maximum absolute atomic E-state index is 11.9. The lowest BCUT2D eigenvalue weighted by molar-refractivity contribution is -0.310. The molecule has 0 saturated carbocycles. The molecule has 1 heterocycles. The predicted molar refractivity (Wildman–Crippen MR) is 65.0 cm³/mol. The summed E-state index contributed by atoms with van der Waals surface area (Å²) in [5.74, 6) is -1.17. The summed E-state index contributed by atoms with van der Waals surface area (Å²) in [5, 5.41) is 10.8.